The molecular formula is C44H57NO7. The summed E-state index contributed by atoms with van der Waals surface area (Å²) >= 11 is 0. The third kappa shape index (κ3) is 11.8. The average Bonchev–Trinajstić information content (AvgIpc) is 3.96. The first kappa shape index (κ1) is 39.2. The van der Waals surface area contributed by atoms with Gasteiger partial charge in [-0.15, -0.1) is 0 Å². The molecule has 5 atom stereocenters. The Kier molecular flexibility index (Phi) is 15.3. The Morgan fingerprint density at radius 1 is 0.654 bits per heavy atom. The van der Waals surface area contributed by atoms with Gasteiger partial charge in [0.2, 0.25) is 5.91 Å². The van der Waals surface area contributed by atoms with Gasteiger partial charge in [0.05, 0.1) is 30.1 Å². The SMILES string of the molecule is O=C(O)[C@H](CC1CCCC1)[C@@H](O)CCc1ccccc1.O=C1OC[C@@H](Cc2ccccc2)N1C(=O)[C@H](CC1CCCC1)[C@@H](O)CCc1ccccc1. The van der Waals surface area contributed by atoms with Gasteiger partial charge in [-0.2, -0.15) is 0 Å². The maximum atomic E-state index is 13.7. The highest BCUT2D eigenvalue weighted by Crippen LogP contribution is 2.35. The number of cyclic esters (lactones) is 1. The Bertz CT molecular complexity index is 1510. The summed E-state index contributed by atoms with van der Waals surface area (Å²) in [7, 11) is 0. The molecule has 2 aliphatic carbocycles. The highest BCUT2D eigenvalue weighted by molar-refractivity contribution is 5.95. The zero-order valence-electron chi connectivity index (χ0n) is 30.4. The van der Waals surface area contributed by atoms with Crippen LogP contribution in [0, 0.1) is 23.7 Å². The van der Waals surface area contributed by atoms with Crippen molar-refractivity contribution in [1.82, 2.24) is 4.90 Å². The molecule has 3 aromatic rings. The summed E-state index contributed by atoms with van der Waals surface area (Å²) in [5.41, 5.74) is 3.35. The highest BCUT2D eigenvalue weighted by Gasteiger charge is 2.43. The molecule has 0 unspecified atom stereocenters. The van der Waals surface area contributed by atoms with Crippen molar-refractivity contribution in [2.75, 3.05) is 6.61 Å². The highest BCUT2D eigenvalue weighted by atomic mass is 16.6. The second kappa shape index (κ2) is 20.3. The topological polar surface area (TPSA) is 124 Å². The molecule has 8 nitrogen and oxygen atoms in total. The van der Waals surface area contributed by atoms with Crippen molar-refractivity contribution >= 4 is 18.0 Å². The van der Waals surface area contributed by atoms with Crippen molar-refractivity contribution in [2.24, 2.45) is 23.7 Å². The molecule has 6 rings (SSSR count). The van der Waals surface area contributed by atoms with Gasteiger partial charge in [0, 0.05) is 0 Å². The number of carbonyl (C=O) groups is 3. The van der Waals surface area contributed by atoms with Gasteiger partial charge in [-0.05, 0) is 73.5 Å². The van der Waals surface area contributed by atoms with Crippen LogP contribution in [-0.4, -0.2) is 63.0 Å². The van der Waals surface area contributed by atoms with E-state index in [1.807, 2.05) is 91.0 Å². The van der Waals surface area contributed by atoms with Crippen LogP contribution in [0.4, 0.5) is 4.79 Å². The molecule has 2 saturated carbocycles. The zero-order chi connectivity index (χ0) is 36.7. The van der Waals surface area contributed by atoms with Crippen LogP contribution in [0.5, 0.6) is 0 Å². The van der Waals surface area contributed by atoms with Crippen molar-refractivity contribution in [2.45, 2.75) is 115 Å². The quantitative estimate of drug-likeness (QED) is 0.137. The number of imide groups is 1. The molecule has 280 valence electrons. The fraction of sp³-hybridized carbons (Fsp3) is 0.523. The summed E-state index contributed by atoms with van der Waals surface area (Å²) in [6.07, 6.45) is 11.4. The largest absolute Gasteiger partial charge is 0.481 e. The van der Waals surface area contributed by atoms with Gasteiger partial charge in [-0.25, -0.2) is 9.69 Å². The van der Waals surface area contributed by atoms with Crippen molar-refractivity contribution < 1.29 is 34.4 Å². The molecule has 0 aromatic heterocycles. The van der Waals surface area contributed by atoms with Gasteiger partial charge in [0.1, 0.15) is 6.61 Å². The molecule has 3 aliphatic rings. The number of aryl methyl sites for hydroxylation is 2. The molecule has 3 N–H and O–H groups in total. The van der Waals surface area contributed by atoms with Gasteiger partial charge in [0.15, 0.2) is 0 Å². The van der Waals surface area contributed by atoms with E-state index in [1.165, 1.54) is 30.6 Å². The maximum Gasteiger partial charge on any atom is 0.416 e. The number of rotatable bonds is 16. The minimum absolute atomic E-state index is 0.204. The number of amides is 2. The molecule has 0 bridgehead atoms. The molecule has 3 fully saturated rings. The molecule has 52 heavy (non-hydrogen) atoms. The lowest BCUT2D eigenvalue weighted by atomic mass is 9.85. The van der Waals surface area contributed by atoms with E-state index in [4.69, 9.17) is 4.74 Å². The lowest BCUT2D eigenvalue weighted by Gasteiger charge is -2.29. The van der Waals surface area contributed by atoms with Crippen molar-refractivity contribution in [3.8, 4) is 0 Å². The number of carbonyl (C=O) groups excluding carboxylic acids is 2. The summed E-state index contributed by atoms with van der Waals surface area (Å²) in [4.78, 5) is 38.9. The second-order valence-corrected chi connectivity index (χ2v) is 15.1. The minimum atomic E-state index is -0.850. The van der Waals surface area contributed by atoms with E-state index >= 15 is 0 Å². The summed E-state index contributed by atoms with van der Waals surface area (Å²) in [5.74, 6) is -1.39. The first-order chi connectivity index (χ1) is 25.3. The smallest absolute Gasteiger partial charge is 0.416 e. The normalized spacial score (nSPS) is 20.1. The lowest BCUT2D eigenvalue weighted by Crippen LogP contribution is -2.47. The maximum absolute atomic E-state index is 13.7. The van der Waals surface area contributed by atoms with Crippen LogP contribution in [0.25, 0.3) is 0 Å². The molecule has 8 heteroatoms. The van der Waals surface area contributed by atoms with Gasteiger partial charge in [0.25, 0.3) is 0 Å². The third-order valence-corrected chi connectivity index (χ3v) is 11.3. The van der Waals surface area contributed by atoms with E-state index in [0.29, 0.717) is 50.4 Å². The van der Waals surface area contributed by atoms with E-state index in [2.05, 4.69) is 0 Å². The van der Waals surface area contributed by atoms with E-state index in [1.54, 1.807) is 0 Å². The number of aliphatic hydroxyl groups excluding tert-OH is 2. The van der Waals surface area contributed by atoms with Crippen LogP contribution in [0.2, 0.25) is 0 Å². The Labute approximate surface area is 309 Å². The van der Waals surface area contributed by atoms with Crippen molar-refractivity contribution in [3.63, 3.8) is 0 Å². The summed E-state index contributed by atoms with van der Waals surface area (Å²) in [6.45, 7) is 0.204. The first-order valence-electron chi connectivity index (χ1n) is 19.5. The number of hydrogen-bond acceptors (Lipinski definition) is 6. The predicted molar refractivity (Wildman–Crippen MR) is 201 cm³/mol. The summed E-state index contributed by atoms with van der Waals surface area (Å²) in [6, 6.07) is 29.4. The number of hydrogen-bond donors (Lipinski definition) is 3. The predicted octanol–water partition coefficient (Wildman–Crippen LogP) is 8.03. The Morgan fingerprint density at radius 3 is 1.54 bits per heavy atom. The number of nitrogens with zero attached hydrogens (tertiary/aromatic N) is 1. The number of ether oxygens (including phenoxy) is 1. The summed E-state index contributed by atoms with van der Waals surface area (Å²) in [5, 5.41) is 30.7. The molecule has 0 radical (unpaired) electrons. The third-order valence-electron chi connectivity index (χ3n) is 11.3. The van der Waals surface area contributed by atoms with Gasteiger partial charge in [-0.3, -0.25) is 9.59 Å². The van der Waals surface area contributed by atoms with Crippen LogP contribution in [0.15, 0.2) is 91.0 Å². The minimum Gasteiger partial charge on any atom is -0.481 e. The number of carboxylic acids is 1. The van der Waals surface area contributed by atoms with Crippen LogP contribution in [0.1, 0.15) is 93.7 Å². The van der Waals surface area contributed by atoms with Gasteiger partial charge < -0.3 is 20.1 Å². The fourth-order valence-corrected chi connectivity index (χ4v) is 8.32. The van der Waals surface area contributed by atoms with Crippen molar-refractivity contribution in [1.29, 1.82) is 0 Å². The Morgan fingerprint density at radius 2 is 1.08 bits per heavy atom. The summed E-state index contributed by atoms with van der Waals surface area (Å²) < 4.78 is 5.29. The zero-order valence-corrected chi connectivity index (χ0v) is 30.4. The monoisotopic (exact) mass is 711 g/mol. The number of aliphatic carboxylic acids is 1. The average molecular weight is 712 g/mol. The molecule has 0 spiro atoms. The molecule has 1 heterocycles. The molecule has 3 aromatic carbocycles. The molecular weight excluding hydrogens is 654 g/mol. The second-order valence-electron chi connectivity index (χ2n) is 15.1. The molecule has 1 aliphatic heterocycles. The molecule has 2 amide bonds. The Balaban J connectivity index is 0.000000225. The van der Waals surface area contributed by atoms with Crippen molar-refractivity contribution in [3.05, 3.63) is 108 Å². The standard InChI is InChI=1S/C27H33NO4.C17H24O3/c29-25(16-15-20-9-3-1-4-10-20)24(18-22-13-7-8-14-22)26(30)28-23(19-32-27(28)31)17-21-11-5-2-6-12-21;18-16(11-10-13-6-2-1-3-7-13)15(17(19)20)12-14-8-4-5-9-14/h1-6,9-12,22-25,29H,7-8,13-19H2;1-3,6-7,14-16,18H,4-5,8-12H2,(H,19,20)/t23-,24-,25+;15-,16+/m11/s1. The van der Waals surface area contributed by atoms with E-state index < -0.39 is 36.1 Å². The van der Waals surface area contributed by atoms with Crippen LogP contribution >= 0.6 is 0 Å². The number of aliphatic hydroxyl groups is 2. The number of benzene rings is 3. The van der Waals surface area contributed by atoms with Gasteiger partial charge >= 0.3 is 12.1 Å². The number of carboxylic acid groups (broad SMARTS) is 1. The lowest BCUT2D eigenvalue weighted by molar-refractivity contribution is -0.146. The van der Waals surface area contributed by atoms with Crippen LogP contribution in [0.3, 0.4) is 0 Å². The fourth-order valence-electron chi connectivity index (χ4n) is 8.32. The molecule has 1 saturated heterocycles. The van der Waals surface area contributed by atoms with Crippen LogP contribution in [-0.2, 0) is 33.6 Å². The van der Waals surface area contributed by atoms with Gasteiger partial charge in [-0.1, -0.05) is 142 Å². The first-order valence-corrected chi connectivity index (χ1v) is 19.5. The van der Waals surface area contributed by atoms with E-state index in [-0.39, 0.29) is 18.6 Å². The Hall–Kier alpha value is -4.01. The van der Waals surface area contributed by atoms with Crippen LogP contribution < -0.4 is 0 Å². The van der Waals surface area contributed by atoms with E-state index in [9.17, 15) is 29.7 Å². The van der Waals surface area contributed by atoms with E-state index in [0.717, 1.165) is 48.8 Å².